The molecule has 1 heteroatoms. The van der Waals surface area contributed by atoms with Gasteiger partial charge in [0.05, 0.1) is 5.54 Å². The summed E-state index contributed by atoms with van der Waals surface area (Å²) in [6, 6.07) is 10.4. The summed E-state index contributed by atoms with van der Waals surface area (Å²) in [4.78, 5) is 4.54. The first-order valence-electron chi connectivity index (χ1n) is 5.21. The van der Waals surface area contributed by atoms with Crippen molar-refractivity contribution in [2.45, 2.75) is 39.2 Å². The van der Waals surface area contributed by atoms with Crippen LogP contribution in [0.4, 0.5) is 0 Å². The van der Waals surface area contributed by atoms with Crippen LogP contribution >= 0.6 is 0 Å². The number of hydrogen-bond donors (Lipinski definition) is 0. The summed E-state index contributed by atoms with van der Waals surface area (Å²) in [6.07, 6.45) is 4.04. The molecule has 76 valence electrons. The van der Waals surface area contributed by atoms with Crippen LogP contribution < -0.4 is 0 Å². The van der Waals surface area contributed by atoms with Gasteiger partial charge in [-0.25, -0.2) is 0 Å². The van der Waals surface area contributed by atoms with E-state index < -0.39 is 0 Å². The molecule has 0 aliphatic rings. The zero-order chi connectivity index (χ0) is 10.4. The average Bonchev–Trinajstić information content (AvgIpc) is 2.19. The Bertz CT molecular complexity index is 285. The molecule has 14 heavy (non-hydrogen) atoms. The third-order valence-corrected chi connectivity index (χ3v) is 2.48. The number of rotatable bonds is 4. The van der Waals surface area contributed by atoms with E-state index in [-0.39, 0.29) is 5.54 Å². The maximum Gasteiger partial charge on any atom is 0.0545 e. The van der Waals surface area contributed by atoms with Gasteiger partial charge in [-0.1, -0.05) is 37.3 Å². The topological polar surface area (TPSA) is 12.4 Å². The predicted molar refractivity (Wildman–Crippen MR) is 63.0 cm³/mol. The van der Waals surface area contributed by atoms with Crippen LogP contribution in [0.1, 0.15) is 32.8 Å². The van der Waals surface area contributed by atoms with Crippen molar-refractivity contribution in [3.05, 3.63) is 35.9 Å². The van der Waals surface area contributed by atoms with E-state index in [1.165, 1.54) is 5.56 Å². The molecule has 0 unspecified atom stereocenters. The molecule has 0 saturated carbocycles. The smallest absolute Gasteiger partial charge is 0.0545 e. The molecule has 1 aromatic rings. The van der Waals surface area contributed by atoms with Gasteiger partial charge in [-0.15, -0.1) is 0 Å². The number of nitrogens with zero attached hydrogens (tertiary/aromatic N) is 1. The molecule has 0 amide bonds. The lowest BCUT2D eigenvalue weighted by atomic mass is 10.0. The van der Waals surface area contributed by atoms with Gasteiger partial charge in [0.15, 0.2) is 0 Å². The van der Waals surface area contributed by atoms with Crippen LogP contribution in [0.5, 0.6) is 0 Å². The van der Waals surface area contributed by atoms with Crippen LogP contribution in [0, 0.1) is 0 Å². The molecule has 1 rings (SSSR count). The van der Waals surface area contributed by atoms with E-state index in [1.54, 1.807) is 0 Å². The highest BCUT2D eigenvalue weighted by atomic mass is 14.8. The Balaban J connectivity index is 2.49. The summed E-state index contributed by atoms with van der Waals surface area (Å²) in [5, 5.41) is 0. The van der Waals surface area contributed by atoms with E-state index >= 15 is 0 Å². The van der Waals surface area contributed by atoms with Crippen molar-refractivity contribution in [3.8, 4) is 0 Å². The van der Waals surface area contributed by atoms with E-state index in [4.69, 9.17) is 0 Å². The summed E-state index contributed by atoms with van der Waals surface area (Å²) in [5.74, 6) is 0. The third-order valence-electron chi connectivity index (χ3n) is 2.48. The third kappa shape index (κ3) is 3.73. The molecule has 0 aliphatic carbocycles. The molecule has 0 N–H and O–H groups in total. The fourth-order valence-corrected chi connectivity index (χ4v) is 1.10. The van der Waals surface area contributed by atoms with E-state index in [0.717, 1.165) is 12.8 Å². The molecule has 0 radical (unpaired) electrons. The number of benzene rings is 1. The van der Waals surface area contributed by atoms with E-state index in [0.29, 0.717) is 0 Å². The van der Waals surface area contributed by atoms with Crippen molar-refractivity contribution >= 4 is 6.21 Å². The lowest BCUT2D eigenvalue weighted by Gasteiger charge is -2.15. The molecule has 0 fully saturated rings. The van der Waals surface area contributed by atoms with Crippen LogP contribution in [0.2, 0.25) is 0 Å². The van der Waals surface area contributed by atoms with Gasteiger partial charge in [0.2, 0.25) is 0 Å². The van der Waals surface area contributed by atoms with E-state index in [9.17, 15) is 0 Å². The lowest BCUT2D eigenvalue weighted by molar-refractivity contribution is 0.506. The predicted octanol–water partition coefficient (Wildman–Crippen LogP) is 3.49. The van der Waals surface area contributed by atoms with Crippen molar-refractivity contribution in [3.63, 3.8) is 0 Å². The summed E-state index contributed by atoms with van der Waals surface area (Å²) in [5.41, 5.74) is 1.41. The Labute approximate surface area is 86.9 Å². The minimum atomic E-state index is 0.0920. The summed E-state index contributed by atoms with van der Waals surface area (Å²) >= 11 is 0. The molecule has 0 spiro atoms. The van der Waals surface area contributed by atoms with Gasteiger partial charge >= 0.3 is 0 Å². The van der Waals surface area contributed by atoms with Crippen molar-refractivity contribution in [1.29, 1.82) is 0 Å². The zero-order valence-electron chi connectivity index (χ0n) is 9.33. The van der Waals surface area contributed by atoms with Gasteiger partial charge in [0, 0.05) is 12.6 Å². The fraction of sp³-hybridized carbons (Fsp3) is 0.462. The highest BCUT2D eigenvalue weighted by molar-refractivity contribution is 5.61. The number of hydrogen-bond acceptors (Lipinski definition) is 1. The molecular weight excluding hydrogens is 170 g/mol. The van der Waals surface area contributed by atoms with Crippen molar-refractivity contribution in [2.24, 2.45) is 4.99 Å². The van der Waals surface area contributed by atoms with E-state index in [1.807, 2.05) is 12.3 Å². The van der Waals surface area contributed by atoms with Crippen LogP contribution in [0.15, 0.2) is 35.3 Å². The first-order chi connectivity index (χ1) is 6.64. The Kier molecular flexibility index (Phi) is 3.87. The van der Waals surface area contributed by atoms with E-state index in [2.05, 4.69) is 50.0 Å². The molecule has 0 saturated heterocycles. The largest absolute Gasteiger partial charge is 0.291 e. The minimum absolute atomic E-state index is 0.0920. The maximum absolute atomic E-state index is 4.54. The highest BCUT2D eigenvalue weighted by Crippen LogP contribution is 2.12. The molecule has 0 aliphatic heterocycles. The quantitative estimate of drug-likeness (QED) is 0.643. The highest BCUT2D eigenvalue weighted by Gasteiger charge is 2.10. The van der Waals surface area contributed by atoms with Crippen LogP contribution in [-0.2, 0) is 6.42 Å². The second kappa shape index (κ2) is 4.94. The van der Waals surface area contributed by atoms with Crippen LogP contribution in [-0.4, -0.2) is 11.8 Å². The fourth-order valence-electron chi connectivity index (χ4n) is 1.10. The second-order valence-corrected chi connectivity index (χ2v) is 4.17. The Morgan fingerprint density at radius 2 is 1.86 bits per heavy atom. The average molecular weight is 189 g/mol. The molecule has 1 aromatic carbocycles. The Morgan fingerprint density at radius 3 is 2.43 bits per heavy atom. The van der Waals surface area contributed by atoms with Crippen molar-refractivity contribution in [1.82, 2.24) is 0 Å². The van der Waals surface area contributed by atoms with Crippen molar-refractivity contribution < 1.29 is 0 Å². The van der Waals surface area contributed by atoms with Crippen LogP contribution in [0.3, 0.4) is 0 Å². The first-order valence-corrected chi connectivity index (χ1v) is 5.21. The molecule has 1 nitrogen and oxygen atoms in total. The zero-order valence-corrected chi connectivity index (χ0v) is 9.33. The second-order valence-electron chi connectivity index (χ2n) is 4.17. The molecule has 0 bridgehead atoms. The molecule has 0 heterocycles. The van der Waals surface area contributed by atoms with Gasteiger partial charge in [0.25, 0.3) is 0 Å². The van der Waals surface area contributed by atoms with Gasteiger partial charge in [-0.3, -0.25) is 4.99 Å². The maximum atomic E-state index is 4.54. The summed E-state index contributed by atoms with van der Waals surface area (Å²) < 4.78 is 0. The van der Waals surface area contributed by atoms with Gasteiger partial charge in [-0.05, 0) is 25.8 Å². The minimum Gasteiger partial charge on any atom is -0.291 e. The Morgan fingerprint density at radius 1 is 1.21 bits per heavy atom. The van der Waals surface area contributed by atoms with Gasteiger partial charge in [0.1, 0.15) is 0 Å². The summed E-state index contributed by atoms with van der Waals surface area (Å²) in [7, 11) is 0. The first kappa shape index (κ1) is 11.0. The molecule has 0 aromatic heterocycles. The Hall–Kier alpha value is -1.11. The standard InChI is InChI=1S/C13H19N/c1-4-13(2,3)14-11-10-12-8-6-5-7-9-12/h5-9,11H,4,10H2,1-3H3/b14-11+. The van der Waals surface area contributed by atoms with Gasteiger partial charge in [-0.2, -0.15) is 0 Å². The SMILES string of the molecule is CCC(C)(C)/N=C/Cc1ccccc1. The van der Waals surface area contributed by atoms with Gasteiger partial charge < -0.3 is 0 Å². The lowest BCUT2D eigenvalue weighted by Crippen LogP contribution is -2.14. The van der Waals surface area contributed by atoms with Crippen LogP contribution in [0.25, 0.3) is 0 Å². The number of aliphatic imine (C=N–C) groups is 1. The molecule has 0 atom stereocenters. The molecular formula is C13H19N. The van der Waals surface area contributed by atoms with Crippen molar-refractivity contribution in [2.75, 3.05) is 0 Å². The summed E-state index contributed by atoms with van der Waals surface area (Å²) in [6.45, 7) is 6.49. The normalized spacial score (nSPS) is 12.2. The monoisotopic (exact) mass is 189 g/mol.